The van der Waals surface area contributed by atoms with Gasteiger partial charge >= 0.3 is 0 Å². The topological polar surface area (TPSA) is 51.7 Å². The molecule has 0 aliphatic heterocycles. The van der Waals surface area contributed by atoms with Crippen molar-refractivity contribution in [2.45, 2.75) is 6.92 Å². The number of aromatic nitrogens is 1. The lowest BCUT2D eigenvalue weighted by Crippen LogP contribution is -2.15. The first-order chi connectivity index (χ1) is 12.1. The maximum atomic E-state index is 14.2. The fraction of sp³-hybridized carbons (Fsp3) is 0.222. The van der Waals surface area contributed by atoms with Gasteiger partial charge in [0.05, 0.1) is 15.9 Å². The average molecular weight is 359 g/mol. The van der Waals surface area contributed by atoms with E-state index in [1.54, 1.807) is 12.1 Å². The molecule has 3 aromatic rings. The summed E-state index contributed by atoms with van der Waals surface area (Å²) < 4.78 is 25.8. The highest BCUT2D eigenvalue weighted by Crippen LogP contribution is 2.34. The second-order valence-electron chi connectivity index (χ2n) is 5.29. The normalized spacial score (nSPS) is 10.8. The molecule has 130 valence electrons. The molecule has 0 spiro atoms. The van der Waals surface area contributed by atoms with E-state index < -0.39 is 5.82 Å². The summed E-state index contributed by atoms with van der Waals surface area (Å²) in [6.07, 6.45) is 0.569. The predicted octanol–water partition coefficient (Wildman–Crippen LogP) is 4.07. The zero-order chi connectivity index (χ0) is 17.8. The number of rotatable bonds is 7. The zero-order valence-electron chi connectivity index (χ0n) is 13.9. The van der Waals surface area contributed by atoms with Gasteiger partial charge in [0, 0.05) is 19.2 Å². The van der Waals surface area contributed by atoms with Crippen molar-refractivity contribution in [3.05, 3.63) is 42.2 Å². The molecule has 2 aromatic carbocycles. The maximum absolute atomic E-state index is 14.2. The summed E-state index contributed by atoms with van der Waals surface area (Å²) in [7, 11) is 1.51. The van der Waals surface area contributed by atoms with E-state index >= 15 is 0 Å². The molecule has 0 saturated heterocycles. The van der Waals surface area contributed by atoms with Crippen molar-refractivity contribution in [1.82, 2.24) is 4.98 Å². The monoisotopic (exact) mass is 359 g/mol. The highest BCUT2D eigenvalue weighted by Gasteiger charge is 2.12. The molecule has 0 atom stereocenters. The maximum Gasteiger partial charge on any atom is 0.213 e. The molecule has 0 saturated carbocycles. The highest BCUT2D eigenvalue weighted by atomic mass is 32.1. The Labute approximate surface area is 148 Å². The number of hydrogen-bond acceptors (Lipinski definition) is 5. The SMILES string of the molecule is CCOCOc1ccc2nc(-c3ccc(N(C)C=O)c([18F])c3)sc2c1. The highest BCUT2D eigenvalue weighted by molar-refractivity contribution is 7.21. The Morgan fingerprint density at radius 3 is 2.84 bits per heavy atom. The van der Waals surface area contributed by atoms with Crippen LogP contribution in [0.1, 0.15) is 6.92 Å². The van der Waals surface area contributed by atoms with Gasteiger partial charge in [-0.2, -0.15) is 0 Å². The number of halogens is 1. The number of amides is 1. The van der Waals surface area contributed by atoms with Gasteiger partial charge in [-0.1, -0.05) is 0 Å². The molecule has 5 nitrogen and oxygen atoms in total. The molecule has 3 rings (SSSR count). The molecule has 0 bridgehead atoms. The first-order valence-electron chi connectivity index (χ1n) is 7.71. The fourth-order valence-electron chi connectivity index (χ4n) is 2.29. The molecule has 0 fully saturated rings. The van der Waals surface area contributed by atoms with E-state index in [4.69, 9.17) is 9.47 Å². The number of carbonyl (C=O) groups excluding carboxylic acids is 1. The summed E-state index contributed by atoms with van der Waals surface area (Å²) in [4.78, 5) is 16.5. The van der Waals surface area contributed by atoms with Crippen molar-refractivity contribution >= 4 is 33.7 Å². The molecule has 1 heterocycles. The van der Waals surface area contributed by atoms with Crippen LogP contribution in [0.3, 0.4) is 0 Å². The molecule has 0 aliphatic carbocycles. The molecule has 7 heteroatoms. The van der Waals surface area contributed by atoms with Crippen LogP contribution in [0, 0.1) is 5.82 Å². The lowest BCUT2D eigenvalue weighted by molar-refractivity contribution is -0.107. The molecular weight excluding hydrogens is 342 g/mol. The quantitative estimate of drug-likeness (QED) is 0.363. The van der Waals surface area contributed by atoms with Crippen molar-refractivity contribution in [2.75, 3.05) is 25.3 Å². The van der Waals surface area contributed by atoms with Gasteiger partial charge in [-0.25, -0.2) is 9.37 Å². The third kappa shape index (κ3) is 3.78. The average Bonchev–Trinajstić information content (AvgIpc) is 3.04. The number of carbonyl (C=O) groups is 1. The Morgan fingerprint density at radius 1 is 1.28 bits per heavy atom. The first-order valence-corrected chi connectivity index (χ1v) is 8.53. The van der Waals surface area contributed by atoms with E-state index in [1.165, 1.54) is 29.4 Å². The second kappa shape index (κ2) is 7.58. The smallest absolute Gasteiger partial charge is 0.213 e. The van der Waals surface area contributed by atoms with E-state index in [0.29, 0.717) is 29.3 Å². The largest absolute Gasteiger partial charge is 0.468 e. The summed E-state index contributed by atoms with van der Waals surface area (Å²) in [6.45, 7) is 2.69. The fourth-order valence-corrected chi connectivity index (χ4v) is 3.28. The Hall–Kier alpha value is -2.51. The van der Waals surface area contributed by atoms with Crippen LogP contribution in [0.4, 0.5) is 10.1 Å². The Kier molecular flexibility index (Phi) is 5.25. The van der Waals surface area contributed by atoms with E-state index in [-0.39, 0.29) is 12.5 Å². The van der Waals surface area contributed by atoms with Gasteiger partial charge in [-0.3, -0.25) is 4.79 Å². The van der Waals surface area contributed by atoms with Crippen LogP contribution in [0.2, 0.25) is 0 Å². The summed E-state index contributed by atoms with van der Waals surface area (Å²) in [5.41, 5.74) is 1.71. The van der Waals surface area contributed by atoms with Crippen LogP contribution in [0.5, 0.6) is 5.75 Å². The van der Waals surface area contributed by atoms with Gasteiger partial charge in [0.1, 0.15) is 16.6 Å². The summed E-state index contributed by atoms with van der Waals surface area (Å²) in [5.74, 6) is 0.234. The van der Waals surface area contributed by atoms with Crippen LogP contribution in [-0.4, -0.2) is 31.8 Å². The molecule has 0 radical (unpaired) electrons. The molecule has 0 N–H and O–H groups in total. The number of benzene rings is 2. The van der Waals surface area contributed by atoms with E-state index in [9.17, 15) is 9.18 Å². The van der Waals surface area contributed by atoms with Crippen molar-refractivity contribution < 1.29 is 18.7 Å². The number of anilines is 1. The summed E-state index contributed by atoms with van der Waals surface area (Å²) >= 11 is 1.45. The van der Waals surface area contributed by atoms with Gasteiger partial charge < -0.3 is 14.4 Å². The van der Waals surface area contributed by atoms with Crippen LogP contribution < -0.4 is 9.64 Å². The van der Waals surface area contributed by atoms with Crippen LogP contribution in [0.25, 0.3) is 20.8 Å². The van der Waals surface area contributed by atoms with Crippen LogP contribution in [0.15, 0.2) is 36.4 Å². The van der Waals surface area contributed by atoms with Crippen LogP contribution in [-0.2, 0) is 9.53 Å². The lowest BCUT2D eigenvalue weighted by atomic mass is 10.2. The third-order valence-electron chi connectivity index (χ3n) is 3.61. The minimum Gasteiger partial charge on any atom is -0.468 e. The number of fused-ring (bicyclic) bond motifs is 1. The Bertz CT molecular complexity index is 897. The Morgan fingerprint density at radius 2 is 2.12 bits per heavy atom. The number of hydrogen-bond donors (Lipinski definition) is 0. The number of thiazole rings is 1. The molecular formula is C18H17FN2O3S. The standard InChI is InChI=1S/C18H17FN2O3S/c1-3-23-11-24-13-5-6-15-17(9-13)25-18(20-15)12-4-7-16(14(19)8-12)21(2)10-22/h4-10H,3,11H2,1-2H3/i19-1. The molecule has 1 aromatic heterocycles. The van der Waals surface area contributed by atoms with Gasteiger partial charge in [0.2, 0.25) is 6.41 Å². The summed E-state index contributed by atoms with van der Waals surface area (Å²) in [5, 5.41) is 0.705. The molecule has 0 aliphatic rings. The lowest BCUT2D eigenvalue weighted by Gasteiger charge is -2.11. The van der Waals surface area contributed by atoms with Crippen molar-refractivity contribution in [1.29, 1.82) is 0 Å². The van der Waals surface area contributed by atoms with Gasteiger partial charge in [-0.15, -0.1) is 11.3 Å². The van der Waals surface area contributed by atoms with E-state index in [2.05, 4.69) is 4.98 Å². The zero-order valence-corrected chi connectivity index (χ0v) is 14.7. The Balaban J connectivity index is 1.88. The summed E-state index contributed by atoms with van der Waals surface area (Å²) in [6, 6.07) is 10.3. The minimum absolute atomic E-state index is 0.199. The van der Waals surface area contributed by atoms with E-state index in [0.717, 1.165) is 10.2 Å². The number of nitrogens with zero attached hydrogens (tertiary/aromatic N) is 2. The van der Waals surface area contributed by atoms with Gasteiger partial charge in [0.25, 0.3) is 0 Å². The number of ether oxygens (including phenoxy) is 2. The third-order valence-corrected chi connectivity index (χ3v) is 4.67. The van der Waals surface area contributed by atoms with E-state index in [1.807, 2.05) is 25.1 Å². The minimum atomic E-state index is -0.466. The van der Waals surface area contributed by atoms with Crippen molar-refractivity contribution in [3.63, 3.8) is 0 Å². The molecule has 0 unspecified atom stereocenters. The molecule has 25 heavy (non-hydrogen) atoms. The van der Waals surface area contributed by atoms with Crippen molar-refractivity contribution in [2.24, 2.45) is 0 Å². The van der Waals surface area contributed by atoms with Gasteiger partial charge in [-0.05, 0) is 43.3 Å². The van der Waals surface area contributed by atoms with Crippen molar-refractivity contribution in [3.8, 4) is 16.3 Å². The van der Waals surface area contributed by atoms with Gasteiger partial charge in [0.15, 0.2) is 6.79 Å². The molecule has 1 amide bonds. The first kappa shape index (κ1) is 17.3. The second-order valence-corrected chi connectivity index (χ2v) is 6.32. The van der Waals surface area contributed by atoms with Crippen LogP contribution >= 0.6 is 11.3 Å². The predicted molar refractivity (Wildman–Crippen MR) is 96.6 cm³/mol.